The predicted octanol–water partition coefficient (Wildman–Crippen LogP) is 3.97. The normalized spacial score (nSPS) is 10.6. The predicted molar refractivity (Wildman–Crippen MR) is 83.1 cm³/mol. The molecule has 5 heteroatoms. The van der Waals surface area contributed by atoms with Gasteiger partial charge in [-0.1, -0.05) is 17.7 Å². The summed E-state index contributed by atoms with van der Waals surface area (Å²) in [5.41, 5.74) is 2.30. The SMILES string of the molecule is COc1cccc(-c2cc3ncccc3c(Cl)n2)c1OC. The van der Waals surface area contributed by atoms with E-state index >= 15 is 0 Å². The quantitative estimate of drug-likeness (QED) is 0.687. The van der Waals surface area contributed by atoms with Crippen LogP contribution in [-0.2, 0) is 0 Å². The third kappa shape index (κ3) is 2.38. The molecule has 0 bridgehead atoms. The number of fused-ring (bicyclic) bond motifs is 1. The van der Waals surface area contributed by atoms with Gasteiger partial charge in [-0.05, 0) is 30.3 Å². The Balaban J connectivity index is 2.26. The zero-order chi connectivity index (χ0) is 14.8. The van der Waals surface area contributed by atoms with E-state index < -0.39 is 0 Å². The molecule has 0 spiro atoms. The van der Waals surface area contributed by atoms with Gasteiger partial charge in [0.25, 0.3) is 0 Å². The number of ether oxygens (including phenoxy) is 2. The Morgan fingerprint density at radius 3 is 2.67 bits per heavy atom. The van der Waals surface area contributed by atoms with Crippen LogP contribution < -0.4 is 9.47 Å². The maximum atomic E-state index is 6.26. The summed E-state index contributed by atoms with van der Waals surface area (Å²) in [5, 5.41) is 1.24. The minimum Gasteiger partial charge on any atom is -0.493 e. The van der Waals surface area contributed by atoms with Crippen molar-refractivity contribution in [3.05, 3.63) is 47.7 Å². The number of para-hydroxylation sites is 1. The van der Waals surface area contributed by atoms with Crippen LogP contribution in [0.1, 0.15) is 0 Å². The van der Waals surface area contributed by atoms with Crippen LogP contribution in [0.4, 0.5) is 0 Å². The van der Waals surface area contributed by atoms with Gasteiger partial charge in [-0.25, -0.2) is 4.98 Å². The first-order valence-electron chi connectivity index (χ1n) is 6.37. The molecule has 0 atom stereocenters. The monoisotopic (exact) mass is 300 g/mol. The summed E-state index contributed by atoms with van der Waals surface area (Å²) in [5.74, 6) is 1.27. The highest BCUT2D eigenvalue weighted by atomic mass is 35.5. The summed E-state index contributed by atoms with van der Waals surface area (Å²) in [6.45, 7) is 0. The Morgan fingerprint density at radius 1 is 1.05 bits per heavy atom. The van der Waals surface area contributed by atoms with E-state index in [1.54, 1.807) is 20.4 Å². The standard InChI is InChI=1S/C16H13ClN2O2/c1-20-14-7-3-5-10(15(14)21-2)13-9-12-11(16(17)19-13)6-4-8-18-12/h3-9H,1-2H3. The summed E-state index contributed by atoms with van der Waals surface area (Å²) in [7, 11) is 3.20. The molecule has 0 amide bonds. The maximum absolute atomic E-state index is 6.26. The van der Waals surface area contributed by atoms with Gasteiger partial charge in [0.05, 0.1) is 25.4 Å². The second-order valence-electron chi connectivity index (χ2n) is 4.41. The van der Waals surface area contributed by atoms with Crippen molar-refractivity contribution in [3.63, 3.8) is 0 Å². The first kappa shape index (κ1) is 13.6. The third-order valence-corrected chi connectivity index (χ3v) is 3.52. The summed E-state index contributed by atoms with van der Waals surface area (Å²) in [6.07, 6.45) is 1.73. The van der Waals surface area contributed by atoms with Crippen molar-refractivity contribution in [2.24, 2.45) is 0 Å². The van der Waals surface area contributed by atoms with Gasteiger partial charge in [-0.2, -0.15) is 0 Å². The lowest BCUT2D eigenvalue weighted by molar-refractivity contribution is 0.356. The molecule has 0 fully saturated rings. The van der Waals surface area contributed by atoms with Gasteiger partial charge in [0.15, 0.2) is 11.5 Å². The number of pyridine rings is 2. The molecule has 1 aromatic carbocycles. The second kappa shape index (κ2) is 5.58. The van der Waals surface area contributed by atoms with Crippen molar-refractivity contribution in [3.8, 4) is 22.8 Å². The molecule has 0 saturated heterocycles. The zero-order valence-electron chi connectivity index (χ0n) is 11.6. The molecule has 0 N–H and O–H groups in total. The smallest absolute Gasteiger partial charge is 0.170 e. The molecule has 21 heavy (non-hydrogen) atoms. The number of hydrogen-bond acceptors (Lipinski definition) is 4. The number of benzene rings is 1. The first-order chi connectivity index (χ1) is 10.2. The number of rotatable bonds is 3. The van der Waals surface area contributed by atoms with Crippen LogP contribution in [0.5, 0.6) is 11.5 Å². The summed E-state index contributed by atoms with van der Waals surface area (Å²) in [4.78, 5) is 8.78. The van der Waals surface area contributed by atoms with Crippen molar-refractivity contribution in [1.29, 1.82) is 0 Å². The summed E-state index contributed by atoms with van der Waals surface area (Å²) in [6, 6.07) is 11.2. The van der Waals surface area contributed by atoms with E-state index in [2.05, 4.69) is 9.97 Å². The van der Waals surface area contributed by atoms with Crippen LogP contribution in [0.15, 0.2) is 42.6 Å². The van der Waals surface area contributed by atoms with Crippen molar-refractivity contribution in [2.75, 3.05) is 14.2 Å². The van der Waals surface area contributed by atoms with E-state index in [4.69, 9.17) is 21.1 Å². The molecule has 0 aliphatic heterocycles. The highest BCUT2D eigenvalue weighted by molar-refractivity contribution is 6.34. The lowest BCUT2D eigenvalue weighted by atomic mass is 10.1. The Morgan fingerprint density at radius 2 is 1.90 bits per heavy atom. The summed E-state index contributed by atoms with van der Waals surface area (Å²) >= 11 is 6.26. The number of aromatic nitrogens is 2. The molecule has 4 nitrogen and oxygen atoms in total. The van der Waals surface area contributed by atoms with Crippen LogP contribution in [0.2, 0.25) is 5.15 Å². The second-order valence-corrected chi connectivity index (χ2v) is 4.77. The van der Waals surface area contributed by atoms with E-state index in [0.29, 0.717) is 22.3 Å². The van der Waals surface area contributed by atoms with Crippen molar-refractivity contribution in [1.82, 2.24) is 9.97 Å². The molecule has 3 rings (SSSR count). The van der Waals surface area contributed by atoms with Crippen LogP contribution in [-0.4, -0.2) is 24.2 Å². The van der Waals surface area contributed by atoms with E-state index in [9.17, 15) is 0 Å². The highest BCUT2D eigenvalue weighted by Crippen LogP contribution is 2.38. The van der Waals surface area contributed by atoms with Gasteiger partial charge in [0.2, 0.25) is 0 Å². The fraction of sp³-hybridized carbons (Fsp3) is 0.125. The summed E-state index contributed by atoms with van der Waals surface area (Å²) < 4.78 is 10.8. The van der Waals surface area contributed by atoms with E-state index in [1.165, 1.54) is 0 Å². The lowest BCUT2D eigenvalue weighted by Crippen LogP contribution is -1.95. The number of nitrogens with zero attached hydrogens (tertiary/aromatic N) is 2. The van der Waals surface area contributed by atoms with Crippen molar-refractivity contribution < 1.29 is 9.47 Å². The van der Waals surface area contributed by atoms with E-state index in [-0.39, 0.29) is 0 Å². The highest BCUT2D eigenvalue weighted by Gasteiger charge is 2.14. The molecule has 3 aromatic rings. The van der Waals surface area contributed by atoms with E-state index in [0.717, 1.165) is 16.5 Å². The van der Waals surface area contributed by atoms with Gasteiger partial charge in [0.1, 0.15) is 5.15 Å². The molecule has 2 aromatic heterocycles. The van der Waals surface area contributed by atoms with Gasteiger partial charge >= 0.3 is 0 Å². The first-order valence-corrected chi connectivity index (χ1v) is 6.75. The molecule has 0 unspecified atom stereocenters. The van der Waals surface area contributed by atoms with E-state index in [1.807, 2.05) is 36.4 Å². The molecule has 106 valence electrons. The molecule has 0 saturated carbocycles. The van der Waals surface area contributed by atoms with Crippen LogP contribution in [0.3, 0.4) is 0 Å². The molecule has 0 radical (unpaired) electrons. The Labute approximate surface area is 127 Å². The van der Waals surface area contributed by atoms with Gasteiger partial charge < -0.3 is 9.47 Å². The largest absolute Gasteiger partial charge is 0.493 e. The molecule has 0 aliphatic rings. The number of methoxy groups -OCH3 is 2. The molecular weight excluding hydrogens is 288 g/mol. The van der Waals surface area contributed by atoms with Crippen LogP contribution in [0, 0.1) is 0 Å². The Bertz CT molecular complexity index is 805. The molecular formula is C16H13ClN2O2. The fourth-order valence-electron chi connectivity index (χ4n) is 2.26. The van der Waals surface area contributed by atoms with Crippen LogP contribution in [0.25, 0.3) is 22.2 Å². The fourth-order valence-corrected chi connectivity index (χ4v) is 2.51. The minimum atomic E-state index is 0.417. The number of halogens is 1. The molecule has 0 aliphatic carbocycles. The van der Waals surface area contributed by atoms with Crippen LogP contribution >= 0.6 is 11.6 Å². The maximum Gasteiger partial charge on any atom is 0.170 e. The average molecular weight is 301 g/mol. The minimum absolute atomic E-state index is 0.417. The topological polar surface area (TPSA) is 44.2 Å². The van der Waals surface area contributed by atoms with Gasteiger partial charge in [0, 0.05) is 17.1 Å². The third-order valence-electron chi connectivity index (χ3n) is 3.23. The van der Waals surface area contributed by atoms with Crippen molar-refractivity contribution >= 4 is 22.5 Å². The van der Waals surface area contributed by atoms with Gasteiger partial charge in [-0.15, -0.1) is 0 Å². The molecule has 2 heterocycles. The Hall–Kier alpha value is -2.33. The zero-order valence-corrected chi connectivity index (χ0v) is 12.4. The van der Waals surface area contributed by atoms with Crippen molar-refractivity contribution in [2.45, 2.75) is 0 Å². The number of hydrogen-bond donors (Lipinski definition) is 0. The Kier molecular flexibility index (Phi) is 3.62. The lowest BCUT2D eigenvalue weighted by Gasteiger charge is -2.12. The average Bonchev–Trinajstić information content (AvgIpc) is 2.54. The van der Waals surface area contributed by atoms with Gasteiger partial charge in [-0.3, -0.25) is 4.98 Å².